The summed E-state index contributed by atoms with van der Waals surface area (Å²) in [6, 6.07) is 20.3. The molecule has 0 aromatic heterocycles. The Bertz CT molecular complexity index is 881. The first kappa shape index (κ1) is 24.5. The van der Waals surface area contributed by atoms with E-state index in [0.29, 0.717) is 12.2 Å². The van der Waals surface area contributed by atoms with Gasteiger partial charge in [0.15, 0.2) is 0 Å². The molecule has 0 unspecified atom stereocenters. The van der Waals surface area contributed by atoms with E-state index < -0.39 is 11.9 Å². The number of carboxylic acid groups (broad SMARTS) is 2. The number of nitrogens with zero attached hydrogens (tertiary/aromatic N) is 2. The summed E-state index contributed by atoms with van der Waals surface area (Å²) in [5.74, 6) is -1.69. The van der Waals surface area contributed by atoms with Crippen molar-refractivity contribution in [3.05, 3.63) is 77.9 Å². The molecule has 2 N–H and O–H groups in total. The molecule has 1 aliphatic carbocycles. The summed E-state index contributed by atoms with van der Waals surface area (Å²) in [4.78, 5) is 24.3. The third-order valence-electron chi connectivity index (χ3n) is 6.39. The smallest absolute Gasteiger partial charge is 0.328 e. The zero-order chi connectivity index (χ0) is 23.5. The number of benzene rings is 2. The minimum Gasteiger partial charge on any atom is -0.478 e. The first-order valence-electron chi connectivity index (χ1n) is 11.8. The first-order valence-corrected chi connectivity index (χ1v) is 11.8. The molecule has 33 heavy (non-hydrogen) atoms. The summed E-state index contributed by atoms with van der Waals surface area (Å²) in [5, 5.41) is 15.6. The summed E-state index contributed by atoms with van der Waals surface area (Å²) < 4.78 is 0. The Morgan fingerprint density at radius 1 is 0.818 bits per heavy atom. The number of carboxylic acids is 2. The monoisotopic (exact) mass is 450 g/mol. The summed E-state index contributed by atoms with van der Waals surface area (Å²) >= 11 is 0. The molecule has 2 aromatic rings. The van der Waals surface area contributed by atoms with E-state index in [2.05, 4.69) is 64.4 Å². The zero-order valence-electron chi connectivity index (χ0n) is 19.1. The van der Waals surface area contributed by atoms with E-state index in [1.165, 1.54) is 56.6 Å². The van der Waals surface area contributed by atoms with E-state index >= 15 is 0 Å². The Kier molecular flexibility index (Phi) is 9.51. The second-order valence-electron chi connectivity index (χ2n) is 8.65. The lowest BCUT2D eigenvalue weighted by molar-refractivity contribution is -0.134. The van der Waals surface area contributed by atoms with Gasteiger partial charge in [0.05, 0.1) is 0 Å². The molecule has 0 bridgehead atoms. The Hall–Kier alpha value is -3.12. The lowest BCUT2D eigenvalue weighted by atomic mass is 9.97. The molecular weight excluding hydrogens is 416 g/mol. The summed E-state index contributed by atoms with van der Waals surface area (Å²) in [6.45, 7) is 5.84. The molecule has 2 aliphatic rings. The highest BCUT2D eigenvalue weighted by Crippen LogP contribution is 2.34. The molecule has 6 nitrogen and oxygen atoms in total. The van der Waals surface area contributed by atoms with Crippen LogP contribution in [0.3, 0.4) is 0 Å². The molecule has 4 rings (SSSR count). The number of carbonyl (C=O) groups is 2. The van der Waals surface area contributed by atoms with Crippen molar-refractivity contribution in [2.24, 2.45) is 0 Å². The van der Waals surface area contributed by atoms with Gasteiger partial charge in [-0.15, -0.1) is 0 Å². The van der Waals surface area contributed by atoms with Gasteiger partial charge in [-0.05, 0) is 48.4 Å². The van der Waals surface area contributed by atoms with Gasteiger partial charge in [0.25, 0.3) is 0 Å². The lowest BCUT2D eigenvalue weighted by Gasteiger charge is -2.36. The quantitative estimate of drug-likeness (QED) is 0.608. The summed E-state index contributed by atoms with van der Waals surface area (Å²) in [5.41, 5.74) is 4.42. The minimum absolute atomic E-state index is 0.558. The largest absolute Gasteiger partial charge is 0.478 e. The maximum atomic E-state index is 9.55. The Morgan fingerprint density at radius 2 is 1.39 bits per heavy atom. The lowest BCUT2D eigenvalue weighted by Crippen LogP contribution is -2.47. The third-order valence-corrected chi connectivity index (χ3v) is 6.39. The molecule has 2 aromatic carbocycles. The number of piperazine rings is 1. The van der Waals surface area contributed by atoms with Crippen molar-refractivity contribution in [1.82, 2.24) is 4.90 Å². The average Bonchev–Trinajstić information content (AvgIpc) is 3.38. The fraction of sp³-hybridized carbons (Fsp3) is 0.407. The first-order chi connectivity index (χ1) is 16.0. The second kappa shape index (κ2) is 12.8. The van der Waals surface area contributed by atoms with Gasteiger partial charge >= 0.3 is 11.9 Å². The van der Waals surface area contributed by atoms with Crippen LogP contribution >= 0.6 is 0 Å². The Labute approximate surface area is 196 Å². The van der Waals surface area contributed by atoms with Crippen LogP contribution in [-0.2, 0) is 16.0 Å². The number of anilines is 1. The fourth-order valence-corrected chi connectivity index (χ4v) is 4.52. The van der Waals surface area contributed by atoms with Crippen LogP contribution in [-0.4, -0.2) is 59.8 Å². The molecule has 0 radical (unpaired) electrons. The van der Waals surface area contributed by atoms with Gasteiger partial charge in [-0.1, -0.05) is 55.3 Å². The van der Waals surface area contributed by atoms with Crippen molar-refractivity contribution < 1.29 is 19.8 Å². The molecule has 6 heteroatoms. The number of aliphatic carboxylic acids is 2. The van der Waals surface area contributed by atoms with Gasteiger partial charge in [0, 0.05) is 50.6 Å². The van der Waals surface area contributed by atoms with E-state index in [1.54, 1.807) is 5.56 Å². The van der Waals surface area contributed by atoms with Gasteiger partial charge in [-0.2, -0.15) is 0 Å². The fourth-order valence-electron chi connectivity index (χ4n) is 4.52. The van der Waals surface area contributed by atoms with Crippen LogP contribution in [0.4, 0.5) is 5.69 Å². The Balaban J connectivity index is 0.000000331. The number of hydrogen-bond acceptors (Lipinski definition) is 4. The normalized spacial score (nSPS) is 17.0. The molecular formula is C27H34N2O4. The SMILES string of the molecule is O=C(O)/C=C\C(=O)O.c1ccc(CCN2CCN(c3ccc(C4CCCC4)cc3)CC2)cc1. The number of rotatable bonds is 7. The van der Waals surface area contributed by atoms with Gasteiger partial charge < -0.3 is 15.1 Å². The van der Waals surface area contributed by atoms with Crippen molar-refractivity contribution in [2.75, 3.05) is 37.6 Å². The van der Waals surface area contributed by atoms with E-state index in [9.17, 15) is 9.59 Å². The molecule has 0 atom stereocenters. The standard InChI is InChI=1S/C23H30N2.C4H4O4/c1-2-6-20(7-3-1)14-15-24-16-18-25(19-17-24)23-12-10-22(11-13-23)21-8-4-5-9-21;5-3(6)1-2-4(7)8/h1-3,6-7,10-13,21H,4-5,8-9,14-19H2;1-2H,(H,5,6)(H,7,8)/b;2-1-. The molecule has 0 spiro atoms. The van der Waals surface area contributed by atoms with Crippen molar-refractivity contribution >= 4 is 17.6 Å². The van der Waals surface area contributed by atoms with E-state index in [4.69, 9.17) is 10.2 Å². The van der Waals surface area contributed by atoms with Crippen LogP contribution in [0.25, 0.3) is 0 Å². The molecule has 1 aliphatic heterocycles. The van der Waals surface area contributed by atoms with Gasteiger partial charge in [0.1, 0.15) is 0 Å². The maximum absolute atomic E-state index is 9.55. The van der Waals surface area contributed by atoms with E-state index in [-0.39, 0.29) is 0 Å². The highest BCUT2D eigenvalue weighted by Gasteiger charge is 2.19. The number of hydrogen-bond donors (Lipinski definition) is 2. The minimum atomic E-state index is -1.26. The average molecular weight is 451 g/mol. The topological polar surface area (TPSA) is 81.1 Å². The Morgan fingerprint density at radius 3 is 1.94 bits per heavy atom. The second-order valence-corrected chi connectivity index (χ2v) is 8.65. The highest BCUT2D eigenvalue weighted by atomic mass is 16.4. The van der Waals surface area contributed by atoms with Gasteiger partial charge in [-0.3, -0.25) is 4.90 Å². The molecule has 0 amide bonds. The van der Waals surface area contributed by atoms with E-state index in [0.717, 1.165) is 25.4 Å². The van der Waals surface area contributed by atoms with Gasteiger partial charge in [-0.25, -0.2) is 9.59 Å². The van der Waals surface area contributed by atoms with Crippen LogP contribution in [0.1, 0.15) is 42.7 Å². The van der Waals surface area contributed by atoms with Crippen LogP contribution in [0.5, 0.6) is 0 Å². The van der Waals surface area contributed by atoms with Crippen molar-refractivity contribution in [3.8, 4) is 0 Å². The molecule has 1 saturated heterocycles. The molecule has 1 saturated carbocycles. The molecule has 2 fully saturated rings. The van der Waals surface area contributed by atoms with Gasteiger partial charge in [0.2, 0.25) is 0 Å². The highest BCUT2D eigenvalue weighted by molar-refractivity contribution is 5.89. The maximum Gasteiger partial charge on any atom is 0.328 e. The molecule has 176 valence electrons. The van der Waals surface area contributed by atoms with Crippen LogP contribution < -0.4 is 4.90 Å². The predicted molar refractivity (Wildman–Crippen MR) is 131 cm³/mol. The van der Waals surface area contributed by atoms with Crippen molar-refractivity contribution in [2.45, 2.75) is 38.0 Å². The van der Waals surface area contributed by atoms with Crippen LogP contribution in [0.15, 0.2) is 66.7 Å². The predicted octanol–water partition coefficient (Wildman–Crippen LogP) is 4.42. The van der Waals surface area contributed by atoms with Crippen molar-refractivity contribution in [3.63, 3.8) is 0 Å². The van der Waals surface area contributed by atoms with Crippen molar-refractivity contribution in [1.29, 1.82) is 0 Å². The summed E-state index contributed by atoms with van der Waals surface area (Å²) in [6.07, 6.45) is 7.88. The van der Waals surface area contributed by atoms with Crippen LogP contribution in [0, 0.1) is 0 Å². The third kappa shape index (κ3) is 8.39. The zero-order valence-corrected chi connectivity index (χ0v) is 19.1. The van der Waals surface area contributed by atoms with Crippen LogP contribution in [0.2, 0.25) is 0 Å². The van der Waals surface area contributed by atoms with E-state index in [1.807, 2.05) is 0 Å². The summed E-state index contributed by atoms with van der Waals surface area (Å²) in [7, 11) is 0. The molecule has 1 heterocycles.